The zero-order valence-corrected chi connectivity index (χ0v) is 22.3. The highest BCUT2D eigenvalue weighted by Gasteiger charge is 2.32. The normalized spacial score (nSPS) is 18.3. The van der Waals surface area contributed by atoms with Gasteiger partial charge in [0, 0.05) is 32.1 Å². The Bertz CT molecular complexity index is 1300. The molecule has 0 unspecified atom stereocenters. The SMILES string of the molecule is COc1ccc(S(=O)(=O)N2CCCC2)cc1NC(=O)C1CCN(S(=O)(=O)Cc2ccc(C)cc2)CC1. The van der Waals surface area contributed by atoms with Crippen LogP contribution in [0.3, 0.4) is 0 Å². The molecule has 1 N–H and O–H groups in total. The minimum absolute atomic E-state index is 0.0698. The van der Waals surface area contributed by atoms with E-state index in [1.54, 1.807) is 6.07 Å². The van der Waals surface area contributed by atoms with Gasteiger partial charge in [-0.2, -0.15) is 4.31 Å². The van der Waals surface area contributed by atoms with E-state index in [-0.39, 0.29) is 41.3 Å². The van der Waals surface area contributed by atoms with E-state index in [2.05, 4.69) is 5.32 Å². The Kier molecular flexibility index (Phi) is 8.03. The predicted molar refractivity (Wildman–Crippen MR) is 138 cm³/mol. The van der Waals surface area contributed by atoms with E-state index in [0.29, 0.717) is 31.7 Å². The van der Waals surface area contributed by atoms with E-state index in [4.69, 9.17) is 4.74 Å². The number of nitrogens with zero attached hydrogens (tertiary/aromatic N) is 2. The average molecular weight is 536 g/mol. The summed E-state index contributed by atoms with van der Waals surface area (Å²) in [4.78, 5) is 13.1. The van der Waals surface area contributed by atoms with Gasteiger partial charge in [0.25, 0.3) is 0 Å². The Balaban J connectivity index is 1.40. The van der Waals surface area contributed by atoms with Crippen LogP contribution in [0.15, 0.2) is 47.4 Å². The van der Waals surface area contributed by atoms with Crippen LogP contribution in [0.2, 0.25) is 0 Å². The molecule has 2 fully saturated rings. The highest BCUT2D eigenvalue weighted by Crippen LogP contribution is 2.31. The van der Waals surface area contributed by atoms with Gasteiger partial charge in [-0.1, -0.05) is 29.8 Å². The third-order valence-electron chi connectivity index (χ3n) is 6.82. The first kappa shape index (κ1) is 26.6. The first-order valence-corrected chi connectivity index (χ1v) is 15.2. The summed E-state index contributed by atoms with van der Waals surface area (Å²) in [6.45, 7) is 3.44. The van der Waals surface area contributed by atoms with Crippen LogP contribution in [0.5, 0.6) is 5.75 Å². The second-order valence-electron chi connectivity index (χ2n) is 9.38. The highest BCUT2D eigenvalue weighted by molar-refractivity contribution is 7.89. The fourth-order valence-corrected chi connectivity index (χ4v) is 7.75. The molecule has 0 saturated carbocycles. The lowest BCUT2D eigenvalue weighted by Crippen LogP contribution is -2.41. The van der Waals surface area contributed by atoms with Crippen molar-refractivity contribution < 1.29 is 26.4 Å². The molecule has 1 amide bonds. The summed E-state index contributed by atoms with van der Waals surface area (Å²) in [5.74, 6) is -0.375. The van der Waals surface area contributed by atoms with E-state index < -0.39 is 20.0 Å². The van der Waals surface area contributed by atoms with Crippen molar-refractivity contribution in [3.8, 4) is 5.75 Å². The monoisotopic (exact) mass is 535 g/mol. The maximum atomic E-state index is 13.0. The zero-order valence-electron chi connectivity index (χ0n) is 20.6. The van der Waals surface area contributed by atoms with Crippen molar-refractivity contribution in [3.05, 3.63) is 53.6 Å². The summed E-state index contributed by atoms with van der Waals surface area (Å²) < 4.78 is 59.9. The van der Waals surface area contributed by atoms with Crippen molar-refractivity contribution in [2.75, 3.05) is 38.6 Å². The van der Waals surface area contributed by atoms with Crippen LogP contribution in [0.1, 0.15) is 36.8 Å². The van der Waals surface area contributed by atoms with Crippen molar-refractivity contribution in [3.63, 3.8) is 0 Å². The van der Waals surface area contributed by atoms with Crippen molar-refractivity contribution in [2.24, 2.45) is 5.92 Å². The molecular weight excluding hydrogens is 502 g/mol. The molecule has 2 saturated heterocycles. The predicted octanol–water partition coefficient (Wildman–Crippen LogP) is 2.97. The fourth-order valence-electron chi connectivity index (χ4n) is 4.64. The van der Waals surface area contributed by atoms with Gasteiger partial charge >= 0.3 is 0 Å². The van der Waals surface area contributed by atoms with Crippen LogP contribution >= 0.6 is 0 Å². The second-order valence-corrected chi connectivity index (χ2v) is 13.3. The third-order valence-corrected chi connectivity index (χ3v) is 10.6. The van der Waals surface area contributed by atoms with E-state index in [1.165, 1.54) is 27.9 Å². The van der Waals surface area contributed by atoms with Gasteiger partial charge in [0.15, 0.2) is 0 Å². The maximum Gasteiger partial charge on any atom is 0.243 e. The van der Waals surface area contributed by atoms with Crippen LogP contribution < -0.4 is 10.1 Å². The van der Waals surface area contributed by atoms with Crippen LogP contribution in [0, 0.1) is 12.8 Å². The summed E-state index contributed by atoms with van der Waals surface area (Å²) >= 11 is 0. The number of nitrogens with one attached hydrogen (secondary N) is 1. The number of aryl methyl sites for hydroxylation is 1. The quantitative estimate of drug-likeness (QED) is 0.556. The molecule has 0 spiro atoms. The number of benzene rings is 2. The van der Waals surface area contributed by atoms with Gasteiger partial charge in [-0.25, -0.2) is 21.1 Å². The molecule has 2 aliphatic rings. The molecule has 2 aliphatic heterocycles. The first-order chi connectivity index (χ1) is 17.1. The minimum atomic E-state index is -3.65. The maximum absolute atomic E-state index is 13.0. The molecule has 0 aromatic heterocycles. The van der Waals surface area contributed by atoms with E-state index >= 15 is 0 Å². The number of hydrogen-bond donors (Lipinski definition) is 1. The lowest BCUT2D eigenvalue weighted by atomic mass is 9.97. The van der Waals surface area contributed by atoms with Crippen LogP contribution in [-0.2, 0) is 30.6 Å². The van der Waals surface area contributed by atoms with Crippen molar-refractivity contribution in [2.45, 2.75) is 43.3 Å². The number of amides is 1. The standard InChI is InChI=1S/C25H33N3O6S2/c1-19-5-7-20(8-6-19)18-35(30,31)27-15-11-21(12-16-27)25(29)26-23-17-22(9-10-24(23)34-2)36(32,33)28-13-3-4-14-28/h5-10,17,21H,3-4,11-16,18H2,1-2H3,(H,26,29). The molecule has 0 bridgehead atoms. The third kappa shape index (κ3) is 5.91. The van der Waals surface area contributed by atoms with Crippen molar-refractivity contribution in [1.82, 2.24) is 8.61 Å². The number of carbonyl (C=O) groups excluding carboxylic acids is 1. The van der Waals surface area contributed by atoms with Crippen LogP contribution in [-0.4, -0.2) is 64.6 Å². The highest BCUT2D eigenvalue weighted by atomic mass is 32.2. The Hall–Kier alpha value is -2.47. The van der Waals surface area contributed by atoms with E-state index in [1.807, 2.05) is 31.2 Å². The van der Waals surface area contributed by atoms with E-state index in [0.717, 1.165) is 24.0 Å². The average Bonchev–Trinajstić information content (AvgIpc) is 3.41. The van der Waals surface area contributed by atoms with E-state index in [9.17, 15) is 21.6 Å². The van der Waals surface area contributed by atoms with Gasteiger partial charge in [0.2, 0.25) is 26.0 Å². The lowest BCUT2D eigenvalue weighted by Gasteiger charge is -2.30. The molecule has 2 aromatic carbocycles. The molecule has 2 aromatic rings. The van der Waals surface area contributed by atoms with Gasteiger partial charge in [-0.05, 0) is 56.4 Å². The Morgan fingerprint density at radius 2 is 1.58 bits per heavy atom. The number of carbonyl (C=O) groups is 1. The molecule has 9 nitrogen and oxygen atoms in total. The Morgan fingerprint density at radius 1 is 0.944 bits per heavy atom. The number of piperidine rings is 1. The summed E-state index contributed by atoms with van der Waals surface area (Å²) in [6.07, 6.45) is 2.43. The van der Waals surface area contributed by atoms with Gasteiger partial charge in [-0.15, -0.1) is 0 Å². The molecule has 4 rings (SSSR count). The van der Waals surface area contributed by atoms with Gasteiger partial charge in [0.1, 0.15) is 5.75 Å². The molecule has 0 atom stereocenters. The number of sulfonamides is 2. The number of ether oxygens (including phenoxy) is 1. The van der Waals surface area contributed by atoms with Gasteiger partial charge in [-0.3, -0.25) is 4.79 Å². The number of methoxy groups -OCH3 is 1. The summed E-state index contributed by atoms with van der Waals surface area (Å²) in [5.41, 5.74) is 2.09. The number of anilines is 1. The van der Waals surface area contributed by atoms with Gasteiger partial charge < -0.3 is 10.1 Å². The van der Waals surface area contributed by atoms with Crippen LogP contribution in [0.4, 0.5) is 5.69 Å². The molecule has 2 heterocycles. The largest absolute Gasteiger partial charge is 0.495 e. The van der Waals surface area contributed by atoms with Crippen LogP contribution in [0.25, 0.3) is 0 Å². The molecule has 0 radical (unpaired) electrons. The number of rotatable bonds is 8. The lowest BCUT2D eigenvalue weighted by molar-refractivity contribution is -0.120. The molecule has 11 heteroatoms. The molecular formula is C25H33N3O6S2. The first-order valence-electron chi connectivity index (χ1n) is 12.1. The summed E-state index contributed by atoms with van der Waals surface area (Å²) in [5, 5.41) is 2.82. The summed E-state index contributed by atoms with van der Waals surface area (Å²) in [7, 11) is -5.68. The Morgan fingerprint density at radius 3 is 2.19 bits per heavy atom. The fraction of sp³-hybridized carbons (Fsp3) is 0.480. The molecule has 196 valence electrons. The van der Waals surface area contributed by atoms with Gasteiger partial charge in [0.05, 0.1) is 23.4 Å². The number of hydrogen-bond acceptors (Lipinski definition) is 6. The van der Waals surface area contributed by atoms with Crippen molar-refractivity contribution >= 4 is 31.6 Å². The Labute approximate surface area is 213 Å². The molecule has 0 aliphatic carbocycles. The zero-order chi connectivity index (χ0) is 25.9. The molecule has 36 heavy (non-hydrogen) atoms. The minimum Gasteiger partial charge on any atom is -0.495 e. The topological polar surface area (TPSA) is 113 Å². The smallest absolute Gasteiger partial charge is 0.243 e. The second kappa shape index (κ2) is 10.9. The van der Waals surface area contributed by atoms with Crippen molar-refractivity contribution in [1.29, 1.82) is 0 Å². The summed E-state index contributed by atoms with van der Waals surface area (Å²) in [6, 6.07) is 11.9.